The first-order chi connectivity index (χ1) is 25.2. The molecule has 1 aliphatic carbocycles. The number of aromatic amines is 1. The number of hydrogen-bond donors (Lipinski definition) is 3. The average Bonchev–Trinajstić information content (AvgIpc) is 3.71. The zero-order chi connectivity index (χ0) is 36.6. The summed E-state index contributed by atoms with van der Waals surface area (Å²) in [6.07, 6.45) is 6.85. The van der Waals surface area contributed by atoms with Crippen molar-refractivity contribution in [3.05, 3.63) is 83.4 Å². The van der Waals surface area contributed by atoms with E-state index in [-0.39, 0.29) is 29.8 Å². The lowest BCUT2D eigenvalue weighted by molar-refractivity contribution is -0.129. The van der Waals surface area contributed by atoms with E-state index >= 15 is 0 Å². The van der Waals surface area contributed by atoms with Gasteiger partial charge >= 0.3 is 0 Å². The van der Waals surface area contributed by atoms with Crippen LogP contribution in [-0.2, 0) is 16.0 Å². The number of rotatable bonds is 14. The fraction of sp³-hybridized carbons (Fsp3) is 0.476. The van der Waals surface area contributed by atoms with Crippen LogP contribution in [0.2, 0.25) is 0 Å². The molecule has 0 spiro atoms. The highest BCUT2D eigenvalue weighted by Gasteiger charge is 2.30. The number of nitrogens with two attached hydrogens (primary N) is 1. The predicted octanol–water partition coefficient (Wildman–Crippen LogP) is 7.06. The number of carbonyl (C=O) groups excluding carboxylic acids is 3. The summed E-state index contributed by atoms with van der Waals surface area (Å²) < 4.78 is 0. The normalized spacial score (nSPS) is 19.0. The number of tetrazole rings is 1. The van der Waals surface area contributed by atoms with Crippen LogP contribution < -0.4 is 11.1 Å². The molecule has 1 aliphatic heterocycles. The zero-order valence-electron chi connectivity index (χ0n) is 30.8. The van der Waals surface area contributed by atoms with E-state index in [0.717, 1.165) is 85.0 Å². The van der Waals surface area contributed by atoms with E-state index in [9.17, 15) is 14.4 Å². The number of hydrogen-bond acceptors (Lipinski definition) is 8. The minimum absolute atomic E-state index is 0.0380. The molecule has 4 N–H and O–H groups in total. The van der Waals surface area contributed by atoms with Gasteiger partial charge in [-0.1, -0.05) is 36.4 Å². The Hall–Kier alpha value is -4.54. The maximum atomic E-state index is 13.9. The lowest BCUT2D eigenvalue weighted by Crippen LogP contribution is -2.38. The molecule has 10 nitrogen and oxygen atoms in total. The molecule has 1 atom stereocenters. The van der Waals surface area contributed by atoms with Gasteiger partial charge in [-0.2, -0.15) is 5.21 Å². The van der Waals surface area contributed by atoms with Crippen LogP contribution >= 0.6 is 0 Å². The molecular formula is C42H53N7O3. The third kappa shape index (κ3) is 9.46. The minimum atomic E-state index is -0.554. The Labute approximate surface area is 307 Å². The molecule has 4 aromatic rings. The maximum Gasteiger partial charge on any atom is 0.228 e. The first-order valence-corrected chi connectivity index (χ1v) is 19.0. The topological polar surface area (TPSA) is 147 Å². The number of nitrogens with zero attached hydrogens (tertiary/aromatic N) is 4. The number of likely N-dealkylation sites (tertiary alicyclic amines) is 1. The van der Waals surface area contributed by atoms with E-state index in [4.69, 9.17) is 5.73 Å². The molecule has 52 heavy (non-hydrogen) atoms. The smallest absolute Gasteiger partial charge is 0.228 e. The summed E-state index contributed by atoms with van der Waals surface area (Å²) in [5.74, 6) is 0.924. The van der Waals surface area contributed by atoms with Crippen molar-refractivity contribution >= 4 is 23.2 Å². The Morgan fingerprint density at radius 1 is 0.904 bits per heavy atom. The molecule has 1 saturated carbocycles. The van der Waals surface area contributed by atoms with Crippen molar-refractivity contribution in [3.8, 4) is 22.5 Å². The number of H-pyrrole nitrogens is 1. The van der Waals surface area contributed by atoms with Crippen molar-refractivity contribution in [3.63, 3.8) is 0 Å². The van der Waals surface area contributed by atoms with Crippen LogP contribution in [-0.4, -0.2) is 68.7 Å². The van der Waals surface area contributed by atoms with Gasteiger partial charge < -0.3 is 16.0 Å². The number of carbonyl (C=O) groups is 3. The molecule has 1 amide bonds. The number of piperidine rings is 1. The molecular weight excluding hydrogens is 651 g/mol. The first-order valence-electron chi connectivity index (χ1n) is 19.0. The second-order valence-corrected chi connectivity index (χ2v) is 15.3. The Kier molecular flexibility index (Phi) is 12.4. The Morgan fingerprint density at radius 3 is 2.33 bits per heavy atom. The van der Waals surface area contributed by atoms with Crippen molar-refractivity contribution in [2.24, 2.45) is 29.4 Å². The summed E-state index contributed by atoms with van der Waals surface area (Å²) in [4.78, 5) is 43.6. The van der Waals surface area contributed by atoms with Gasteiger partial charge in [-0.3, -0.25) is 14.4 Å². The fourth-order valence-electron chi connectivity index (χ4n) is 7.92. The van der Waals surface area contributed by atoms with Gasteiger partial charge in [-0.15, -0.1) is 10.2 Å². The molecule has 6 rings (SSSR count). The number of amides is 1. The molecule has 0 bridgehead atoms. The molecule has 10 heteroatoms. The van der Waals surface area contributed by atoms with Gasteiger partial charge in [0.1, 0.15) is 5.78 Å². The molecule has 2 aliphatic rings. The SMILES string of the molecule is Cc1ccc(C[C@H](CC(=O)C2CCC(CN)CC2)C(=O)Nc2ccc(-c3nn[nH]n3)cc2)cc1-c1cccc(C(=O)CC2CCN(C(C)C)CC2)c1. The third-order valence-electron chi connectivity index (χ3n) is 11.3. The van der Waals surface area contributed by atoms with E-state index in [1.807, 2.05) is 54.6 Å². The van der Waals surface area contributed by atoms with Crippen LogP contribution in [0.5, 0.6) is 0 Å². The summed E-state index contributed by atoms with van der Waals surface area (Å²) >= 11 is 0. The molecule has 0 radical (unpaired) electrons. The van der Waals surface area contributed by atoms with Gasteiger partial charge in [0.05, 0.1) is 0 Å². The Balaban J connectivity index is 1.18. The maximum absolute atomic E-state index is 13.9. The molecule has 2 fully saturated rings. The quantitative estimate of drug-likeness (QED) is 0.118. The Bertz CT molecular complexity index is 1810. The van der Waals surface area contributed by atoms with Gasteiger partial charge in [-0.25, -0.2) is 0 Å². The average molecular weight is 704 g/mol. The van der Waals surface area contributed by atoms with Gasteiger partial charge in [-0.05, 0) is 155 Å². The molecule has 2 heterocycles. The molecule has 0 unspecified atom stereocenters. The van der Waals surface area contributed by atoms with Crippen molar-refractivity contribution in [2.45, 2.75) is 84.6 Å². The number of anilines is 1. The number of aryl methyl sites for hydroxylation is 1. The highest BCUT2D eigenvalue weighted by Crippen LogP contribution is 2.33. The Morgan fingerprint density at radius 2 is 1.65 bits per heavy atom. The van der Waals surface area contributed by atoms with Crippen LogP contribution in [0.3, 0.4) is 0 Å². The van der Waals surface area contributed by atoms with Gasteiger partial charge in [0.25, 0.3) is 0 Å². The second-order valence-electron chi connectivity index (χ2n) is 15.3. The summed E-state index contributed by atoms with van der Waals surface area (Å²) in [7, 11) is 0. The van der Waals surface area contributed by atoms with Crippen molar-refractivity contribution in [1.29, 1.82) is 0 Å². The predicted molar refractivity (Wildman–Crippen MR) is 205 cm³/mol. The largest absolute Gasteiger partial charge is 0.330 e. The van der Waals surface area contributed by atoms with Gasteiger partial charge in [0.15, 0.2) is 5.78 Å². The van der Waals surface area contributed by atoms with Crippen LogP contribution in [0.1, 0.15) is 86.7 Å². The highest BCUT2D eigenvalue weighted by atomic mass is 16.2. The van der Waals surface area contributed by atoms with Crippen LogP contribution in [0.25, 0.3) is 22.5 Å². The van der Waals surface area contributed by atoms with E-state index in [1.54, 1.807) is 0 Å². The third-order valence-corrected chi connectivity index (χ3v) is 11.3. The first kappa shape index (κ1) is 37.2. The van der Waals surface area contributed by atoms with Gasteiger partial charge in [0, 0.05) is 47.5 Å². The monoisotopic (exact) mass is 703 g/mol. The van der Waals surface area contributed by atoms with E-state index < -0.39 is 5.92 Å². The van der Waals surface area contributed by atoms with E-state index in [1.165, 1.54) is 0 Å². The van der Waals surface area contributed by atoms with Crippen molar-refractivity contribution in [2.75, 3.05) is 25.0 Å². The second kappa shape index (κ2) is 17.3. The fourth-order valence-corrected chi connectivity index (χ4v) is 7.92. The number of aromatic nitrogens is 4. The zero-order valence-corrected chi connectivity index (χ0v) is 30.8. The van der Waals surface area contributed by atoms with Crippen LogP contribution in [0.15, 0.2) is 66.7 Å². The van der Waals surface area contributed by atoms with Crippen LogP contribution in [0.4, 0.5) is 5.69 Å². The summed E-state index contributed by atoms with van der Waals surface area (Å²) in [6.45, 7) is 9.29. The number of Topliss-reactive ketones (excluding diaryl/α,β-unsaturated/α-hetero) is 2. The number of ketones is 2. The van der Waals surface area contributed by atoms with Crippen molar-refractivity contribution < 1.29 is 14.4 Å². The molecule has 1 aromatic heterocycles. The lowest BCUT2D eigenvalue weighted by atomic mass is 9.77. The molecule has 274 valence electrons. The van der Waals surface area contributed by atoms with Crippen molar-refractivity contribution in [1.82, 2.24) is 25.5 Å². The number of nitrogens with one attached hydrogen (secondary N) is 2. The standard InChI is InChI=1S/C42H53N7O3/c1-27(2)49-19-17-29(18-20-49)23-39(50)35-6-4-5-34(24-35)38-22-31(8-7-28(38)3)21-36(25-40(51)32-11-9-30(26-43)10-12-32)42(52)44-37-15-13-33(14-16-37)41-45-47-48-46-41/h4-8,13-16,22,24,27,29-30,32,36H,9-12,17-21,23,25-26,43H2,1-3H3,(H,44,52)(H,45,46,47,48)/t30?,32?,36-/m1/s1. The van der Waals surface area contributed by atoms with Crippen LogP contribution in [0, 0.1) is 30.6 Å². The summed E-state index contributed by atoms with van der Waals surface area (Å²) in [5, 5.41) is 17.2. The number of benzene rings is 3. The lowest BCUT2D eigenvalue weighted by Gasteiger charge is -2.34. The molecule has 3 aromatic carbocycles. The molecule has 1 saturated heterocycles. The van der Waals surface area contributed by atoms with Gasteiger partial charge in [0.2, 0.25) is 11.7 Å². The van der Waals surface area contributed by atoms with E-state index in [0.29, 0.717) is 48.8 Å². The minimum Gasteiger partial charge on any atom is -0.330 e. The highest BCUT2D eigenvalue weighted by molar-refractivity contribution is 5.98. The van der Waals surface area contributed by atoms with E-state index in [2.05, 4.69) is 63.7 Å². The summed E-state index contributed by atoms with van der Waals surface area (Å²) in [6, 6.07) is 22.0. The summed E-state index contributed by atoms with van der Waals surface area (Å²) in [5.41, 5.74) is 12.1.